The van der Waals surface area contributed by atoms with Gasteiger partial charge in [0.05, 0.1) is 17.2 Å². The molecular formula is C17H14FN3O2S. The average molecular weight is 343 g/mol. The number of hydrogen-bond acceptors (Lipinski definition) is 5. The van der Waals surface area contributed by atoms with Crippen molar-refractivity contribution in [2.24, 2.45) is 0 Å². The highest BCUT2D eigenvalue weighted by Crippen LogP contribution is 2.18. The second-order valence-corrected chi connectivity index (χ2v) is 5.88. The lowest BCUT2D eigenvalue weighted by molar-refractivity contribution is -0.113. The van der Waals surface area contributed by atoms with Gasteiger partial charge in [-0.05, 0) is 12.1 Å². The first-order chi connectivity index (χ1) is 11.7. The molecule has 3 rings (SSSR count). The Morgan fingerprint density at radius 2 is 1.88 bits per heavy atom. The number of carbonyl (C=O) groups is 1. The van der Waals surface area contributed by atoms with Crippen molar-refractivity contribution in [3.8, 4) is 11.4 Å². The Labute approximate surface area is 142 Å². The van der Waals surface area contributed by atoms with Gasteiger partial charge in [-0.3, -0.25) is 4.79 Å². The zero-order valence-electron chi connectivity index (χ0n) is 12.6. The molecular weight excluding hydrogens is 329 g/mol. The van der Waals surface area contributed by atoms with E-state index in [4.69, 9.17) is 4.52 Å². The van der Waals surface area contributed by atoms with Crippen molar-refractivity contribution in [1.82, 2.24) is 10.1 Å². The highest BCUT2D eigenvalue weighted by Gasteiger charge is 2.10. The number of para-hydroxylation sites is 1. The minimum Gasteiger partial charge on any atom is -0.338 e. The number of carbonyl (C=O) groups excluding carboxylic acids is 1. The summed E-state index contributed by atoms with van der Waals surface area (Å²) in [6, 6.07) is 15.5. The number of halogens is 1. The number of nitrogens with zero attached hydrogens (tertiary/aromatic N) is 2. The van der Waals surface area contributed by atoms with Crippen LogP contribution in [0.4, 0.5) is 10.1 Å². The Morgan fingerprint density at radius 1 is 1.12 bits per heavy atom. The maximum absolute atomic E-state index is 13.4. The molecule has 7 heteroatoms. The minimum atomic E-state index is -0.458. The van der Waals surface area contributed by atoms with E-state index >= 15 is 0 Å². The van der Waals surface area contributed by atoms with Crippen molar-refractivity contribution < 1.29 is 13.7 Å². The van der Waals surface area contributed by atoms with Crippen LogP contribution in [0.15, 0.2) is 59.1 Å². The van der Waals surface area contributed by atoms with Crippen LogP contribution in [0.5, 0.6) is 0 Å². The maximum atomic E-state index is 13.4. The summed E-state index contributed by atoms with van der Waals surface area (Å²) in [6.07, 6.45) is 0. The molecule has 1 N–H and O–H groups in total. The highest BCUT2D eigenvalue weighted by atomic mass is 32.2. The van der Waals surface area contributed by atoms with Gasteiger partial charge in [-0.15, -0.1) is 11.8 Å². The first kappa shape index (κ1) is 16.2. The molecule has 122 valence electrons. The first-order valence-corrected chi connectivity index (χ1v) is 8.38. The molecule has 0 saturated carbocycles. The molecule has 1 amide bonds. The fraction of sp³-hybridized carbons (Fsp3) is 0.118. The van der Waals surface area contributed by atoms with Crippen LogP contribution in [-0.2, 0) is 10.5 Å². The van der Waals surface area contributed by atoms with Gasteiger partial charge in [0.25, 0.3) is 0 Å². The molecule has 0 aliphatic rings. The molecule has 0 radical (unpaired) electrons. The average Bonchev–Trinajstić information content (AvgIpc) is 3.07. The van der Waals surface area contributed by atoms with Gasteiger partial charge in [-0.1, -0.05) is 47.6 Å². The molecule has 24 heavy (non-hydrogen) atoms. The minimum absolute atomic E-state index is 0.164. The topological polar surface area (TPSA) is 68.0 Å². The summed E-state index contributed by atoms with van der Waals surface area (Å²) >= 11 is 1.32. The molecule has 0 aliphatic carbocycles. The number of rotatable bonds is 6. The standard InChI is InChI=1S/C17H14FN3O2S/c18-13-8-4-5-9-14(13)19-15(22)10-24-11-16-20-17(21-23-16)12-6-2-1-3-7-12/h1-9H,10-11H2,(H,19,22). The SMILES string of the molecule is O=C(CSCc1nc(-c2ccccc2)no1)Nc1ccccc1F. The predicted molar refractivity (Wildman–Crippen MR) is 90.9 cm³/mol. The summed E-state index contributed by atoms with van der Waals surface area (Å²) < 4.78 is 18.6. The van der Waals surface area contributed by atoms with E-state index in [1.165, 1.54) is 23.9 Å². The monoisotopic (exact) mass is 343 g/mol. The van der Waals surface area contributed by atoms with Crippen LogP contribution < -0.4 is 5.32 Å². The Balaban J connectivity index is 1.49. The van der Waals surface area contributed by atoms with Gasteiger partial charge >= 0.3 is 0 Å². The van der Waals surface area contributed by atoms with E-state index in [0.717, 1.165) is 5.56 Å². The lowest BCUT2D eigenvalue weighted by Crippen LogP contribution is -2.15. The zero-order valence-corrected chi connectivity index (χ0v) is 13.4. The highest BCUT2D eigenvalue weighted by molar-refractivity contribution is 7.99. The Morgan fingerprint density at radius 3 is 2.67 bits per heavy atom. The molecule has 1 heterocycles. The third kappa shape index (κ3) is 4.20. The number of aromatic nitrogens is 2. The van der Waals surface area contributed by atoms with Crippen molar-refractivity contribution in [1.29, 1.82) is 0 Å². The first-order valence-electron chi connectivity index (χ1n) is 7.22. The molecule has 0 bridgehead atoms. The fourth-order valence-electron chi connectivity index (χ4n) is 2.00. The number of benzene rings is 2. The fourth-order valence-corrected chi connectivity index (χ4v) is 2.65. The van der Waals surface area contributed by atoms with Crippen LogP contribution >= 0.6 is 11.8 Å². The van der Waals surface area contributed by atoms with Crippen molar-refractivity contribution in [3.63, 3.8) is 0 Å². The van der Waals surface area contributed by atoms with Gasteiger partial charge in [0, 0.05) is 5.56 Å². The van der Waals surface area contributed by atoms with E-state index in [1.807, 2.05) is 30.3 Å². The maximum Gasteiger partial charge on any atom is 0.236 e. The molecule has 2 aromatic carbocycles. The molecule has 0 unspecified atom stereocenters. The lowest BCUT2D eigenvalue weighted by atomic mass is 10.2. The van der Waals surface area contributed by atoms with Crippen LogP contribution in [0.3, 0.4) is 0 Å². The second-order valence-electron chi connectivity index (χ2n) is 4.90. The number of anilines is 1. The molecule has 5 nitrogen and oxygen atoms in total. The van der Waals surface area contributed by atoms with Crippen LogP contribution in [0.2, 0.25) is 0 Å². The van der Waals surface area contributed by atoms with Crippen molar-refractivity contribution in [2.75, 3.05) is 11.1 Å². The second kappa shape index (κ2) is 7.74. The van der Waals surface area contributed by atoms with Crippen LogP contribution in [0.1, 0.15) is 5.89 Å². The molecule has 0 aliphatic heterocycles. The van der Waals surface area contributed by atoms with E-state index < -0.39 is 5.82 Å². The third-order valence-corrected chi connectivity index (χ3v) is 4.02. The lowest BCUT2D eigenvalue weighted by Gasteiger charge is -2.05. The predicted octanol–water partition coefficient (Wildman–Crippen LogP) is 3.75. The van der Waals surface area contributed by atoms with Crippen molar-refractivity contribution >= 4 is 23.4 Å². The molecule has 3 aromatic rings. The Hall–Kier alpha value is -2.67. The van der Waals surface area contributed by atoms with E-state index in [-0.39, 0.29) is 17.3 Å². The normalized spacial score (nSPS) is 10.5. The summed E-state index contributed by atoms with van der Waals surface area (Å²) in [6.45, 7) is 0. The van der Waals surface area contributed by atoms with Gasteiger partial charge in [0.2, 0.25) is 17.6 Å². The van der Waals surface area contributed by atoms with Crippen LogP contribution in [0.25, 0.3) is 11.4 Å². The summed E-state index contributed by atoms with van der Waals surface area (Å²) in [5.74, 6) is 0.787. The molecule has 1 aromatic heterocycles. The molecule has 0 spiro atoms. The smallest absolute Gasteiger partial charge is 0.236 e. The van der Waals surface area contributed by atoms with E-state index in [2.05, 4.69) is 15.5 Å². The quantitative estimate of drug-likeness (QED) is 0.738. The number of thioether (sulfide) groups is 1. The summed E-state index contributed by atoms with van der Waals surface area (Å²) in [5.41, 5.74) is 1.04. The van der Waals surface area contributed by atoms with Crippen LogP contribution in [-0.4, -0.2) is 21.8 Å². The van der Waals surface area contributed by atoms with Crippen LogP contribution in [0, 0.1) is 5.82 Å². The van der Waals surface area contributed by atoms with Gasteiger partial charge in [0.15, 0.2) is 0 Å². The molecule has 0 fully saturated rings. The zero-order chi connectivity index (χ0) is 16.8. The van der Waals surface area contributed by atoms with Gasteiger partial charge in [-0.2, -0.15) is 4.98 Å². The molecule has 0 atom stereocenters. The van der Waals surface area contributed by atoms with Crippen molar-refractivity contribution in [2.45, 2.75) is 5.75 Å². The van der Waals surface area contributed by atoms with E-state index in [0.29, 0.717) is 17.5 Å². The van der Waals surface area contributed by atoms with E-state index in [1.54, 1.807) is 12.1 Å². The number of hydrogen-bond donors (Lipinski definition) is 1. The van der Waals surface area contributed by atoms with Gasteiger partial charge in [0.1, 0.15) is 5.82 Å². The Kier molecular flexibility index (Phi) is 5.22. The number of nitrogens with one attached hydrogen (secondary N) is 1. The summed E-state index contributed by atoms with van der Waals surface area (Å²) in [4.78, 5) is 16.1. The van der Waals surface area contributed by atoms with Gasteiger partial charge < -0.3 is 9.84 Å². The largest absolute Gasteiger partial charge is 0.338 e. The van der Waals surface area contributed by atoms with E-state index in [9.17, 15) is 9.18 Å². The Bertz CT molecular complexity index is 823. The summed E-state index contributed by atoms with van der Waals surface area (Å²) in [7, 11) is 0. The van der Waals surface area contributed by atoms with Crippen molar-refractivity contribution in [3.05, 3.63) is 66.3 Å². The number of amides is 1. The van der Waals surface area contributed by atoms with Gasteiger partial charge in [-0.25, -0.2) is 4.39 Å². The third-order valence-electron chi connectivity index (χ3n) is 3.11. The summed E-state index contributed by atoms with van der Waals surface area (Å²) in [5, 5.41) is 6.44. The molecule has 0 saturated heterocycles.